The highest BCUT2D eigenvalue weighted by Crippen LogP contribution is 2.54. The van der Waals surface area contributed by atoms with E-state index in [1.165, 1.54) is 24.9 Å². The summed E-state index contributed by atoms with van der Waals surface area (Å²) in [5, 5.41) is 2.20. The zero-order chi connectivity index (χ0) is 32.9. The SMILES string of the molecule is COc1ccc([C@@H]2c3sc(=O)n(CC(=O)Nc4cccc(C(F)(F)F)c4)c3S[C@H]3C(=O)N(c4ccc(Cl)cc4)C(=O)[C@@H]23)cc1OC. The van der Waals surface area contributed by atoms with Crippen LogP contribution in [0.1, 0.15) is 21.9 Å². The molecule has 1 N–H and O–H groups in total. The smallest absolute Gasteiger partial charge is 0.416 e. The molecule has 1 aromatic heterocycles. The Balaban J connectivity index is 1.41. The van der Waals surface area contributed by atoms with Crippen molar-refractivity contribution in [3.8, 4) is 11.5 Å². The number of halogens is 4. The fraction of sp³-hybridized carbons (Fsp3) is 0.226. The Bertz CT molecular complexity index is 1930. The number of anilines is 2. The summed E-state index contributed by atoms with van der Waals surface area (Å²) < 4.78 is 51.7. The van der Waals surface area contributed by atoms with Gasteiger partial charge in [0, 0.05) is 21.5 Å². The predicted octanol–water partition coefficient (Wildman–Crippen LogP) is 6.03. The van der Waals surface area contributed by atoms with Crippen LogP contribution in [0.2, 0.25) is 5.02 Å². The maximum atomic E-state index is 14.1. The molecule has 0 saturated carbocycles. The van der Waals surface area contributed by atoms with Gasteiger partial charge in [-0.2, -0.15) is 13.2 Å². The van der Waals surface area contributed by atoms with Crippen molar-refractivity contribution < 1.29 is 37.0 Å². The van der Waals surface area contributed by atoms with Crippen LogP contribution in [0.4, 0.5) is 24.5 Å². The summed E-state index contributed by atoms with van der Waals surface area (Å²) in [4.78, 5) is 55.4. The number of thioether (sulfide) groups is 1. The first-order chi connectivity index (χ1) is 21.9. The van der Waals surface area contributed by atoms with Crippen LogP contribution in [0.15, 0.2) is 76.6 Å². The number of nitrogens with zero attached hydrogens (tertiary/aromatic N) is 2. The zero-order valence-corrected chi connectivity index (χ0v) is 26.4. The summed E-state index contributed by atoms with van der Waals surface area (Å²) in [6.07, 6.45) is -4.61. The average Bonchev–Trinajstić information content (AvgIpc) is 3.47. The van der Waals surface area contributed by atoms with Gasteiger partial charge in [0.25, 0.3) is 0 Å². The maximum absolute atomic E-state index is 14.1. The number of hydrogen-bond donors (Lipinski definition) is 1. The quantitative estimate of drug-likeness (QED) is 0.236. The molecule has 2 aliphatic rings. The molecular formula is C31H23ClF3N3O6S2. The van der Waals surface area contributed by atoms with E-state index >= 15 is 0 Å². The van der Waals surface area contributed by atoms with Crippen LogP contribution in [0.3, 0.4) is 0 Å². The van der Waals surface area contributed by atoms with Crippen LogP contribution in [0.25, 0.3) is 0 Å². The highest BCUT2D eigenvalue weighted by molar-refractivity contribution is 8.00. The minimum Gasteiger partial charge on any atom is -0.493 e. The van der Waals surface area contributed by atoms with Gasteiger partial charge in [-0.05, 0) is 60.2 Å². The number of imide groups is 1. The summed E-state index contributed by atoms with van der Waals surface area (Å²) in [5.74, 6) is -2.60. The van der Waals surface area contributed by atoms with Crippen molar-refractivity contribution in [2.45, 2.75) is 28.9 Å². The van der Waals surface area contributed by atoms with Crippen LogP contribution in [-0.2, 0) is 27.1 Å². The molecule has 6 rings (SSSR count). The summed E-state index contributed by atoms with van der Waals surface area (Å²) in [5.41, 5.74) is -0.121. The number of alkyl halides is 3. The first-order valence-corrected chi connectivity index (χ1v) is 15.7. The number of thiazole rings is 1. The number of rotatable bonds is 7. The third-order valence-electron chi connectivity index (χ3n) is 7.68. The maximum Gasteiger partial charge on any atom is 0.416 e. The number of ether oxygens (including phenoxy) is 2. The molecule has 3 heterocycles. The van der Waals surface area contributed by atoms with Gasteiger partial charge in [0.15, 0.2) is 11.5 Å². The standard InChI is InChI=1S/C31H23ClF3N3O6S2/c1-43-20-11-6-15(12-21(20)44-2)23-24-25(28(41)38(27(24)40)19-9-7-17(32)8-10-19)45-29-26(23)46-30(42)37(29)14-22(39)36-18-5-3-4-16(13-18)31(33,34)35/h3-13,23-25H,14H2,1-2H3,(H,36,39)/t23-,24-,25+/m0/s1. The largest absolute Gasteiger partial charge is 0.493 e. The Morgan fingerprint density at radius 3 is 2.35 bits per heavy atom. The van der Waals surface area contributed by atoms with Gasteiger partial charge in [-0.1, -0.05) is 46.8 Å². The molecule has 3 amide bonds. The molecule has 3 atom stereocenters. The molecule has 9 nitrogen and oxygen atoms in total. The molecule has 1 saturated heterocycles. The summed E-state index contributed by atoms with van der Waals surface area (Å²) in [7, 11) is 2.93. The van der Waals surface area contributed by atoms with Gasteiger partial charge < -0.3 is 14.8 Å². The van der Waals surface area contributed by atoms with Gasteiger partial charge in [0.2, 0.25) is 17.7 Å². The third-order valence-corrected chi connectivity index (χ3v) is 10.5. The van der Waals surface area contributed by atoms with Crippen molar-refractivity contribution in [1.82, 2.24) is 4.57 Å². The second-order valence-corrected chi connectivity index (χ2v) is 13.0. The lowest BCUT2D eigenvalue weighted by atomic mass is 9.83. The molecule has 238 valence electrons. The molecule has 0 radical (unpaired) electrons. The van der Waals surface area contributed by atoms with E-state index in [-0.39, 0.29) is 5.69 Å². The van der Waals surface area contributed by atoms with Crippen molar-refractivity contribution in [2.24, 2.45) is 5.92 Å². The minimum atomic E-state index is -4.61. The number of benzene rings is 3. The molecule has 2 aliphatic heterocycles. The van der Waals surface area contributed by atoms with E-state index < -0.39 is 58.0 Å². The molecular weight excluding hydrogens is 667 g/mol. The Morgan fingerprint density at radius 2 is 1.67 bits per heavy atom. The van der Waals surface area contributed by atoms with Crippen molar-refractivity contribution in [1.29, 1.82) is 0 Å². The van der Waals surface area contributed by atoms with Crippen LogP contribution in [0.5, 0.6) is 11.5 Å². The monoisotopic (exact) mass is 689 g/mol. The van der Waals surface area contributed by atoms with E-state index in [2.05, 4.69) is 5.32 Å². The molecule has 0 unspecified atom stereocenters. The lowest BCUT2D eigenvalue weighted by Crippen LogP contribution is -2.33. The number of fused-ring (bicyclic) bond motifs is 2. The zero-order valence-electron chi connectivity index (χ0n) is 24.0. The Hall–Kier alpha value is -4.27. The Morgan fingerprint density at radius 1 is 0.957 bits per heavy atom. The molecule has 1 fully saturated rings. The van der Waals surface area contributed by atoms with Crippen LogP contribution in [-0.4, -0.2) is 41.8 Å². The summed E-state index contributed by atoms with van der Waals surface area (Å²) >= 11 is 7.88. The number of carbonyl (C=O) groups is 3. The van der Waals surface area contributed by atoms with E-state index in [9.17, 15) is 32.3 Å². The first kappa shape index (κ1) is 31.7. The van der Waals surface area contributed by atoms with Gasteiger partial charge >= 0.3 is 11.0 Å². The highest BCUT2D eigenvalue weighted by Gasteiger charge is 2.57. The predicted molar refractivity (Wildman–Crippen MR) is 167 cm³/mol. The summed E-state index contributed by atoms with van der Waals surface area (Å²) in [6.45, 7) is -0.535. The lowest BCUT2D eigenvalue weighted by Gasteiger charge is -2.31. The van der Waals surface area contributed by atoms with E-state index in [1.807, 2.05) is 0 Å². The van der Waals surface area contributed by atoms with E-state index in [4.69, 9.17) is 21.1 Å². The number of carbonyl (C=O) groups excluding carboxylic acids is 3. The van der Waals surface area contributed by atoms with E-state index in [0.717, 1.165) is 46.2 Å². The van der Waals surface area contributed by atoms with Gasteiger partial charge in [0.05, 0.1) is 36.4 Å². The fourth-order valence-corrected chi connectivity index (χ4v) is 8.52. The van der Waals surface area contributed by atoms with E-state index in [1.54, 1.807) is 42.5 Å². The van der Waals surface area contributed by atoms with Gasteiger partial charge in [-0.3, -0.25) is 23.7 Å². The van der Waals surface area contributed by atoms with Crippen molar-refractivity contribution in [3.63, 3.8) is 0 Å². The fourth-order valence-electron chi connectivity index (χ4n) is 5.62. The van der Waals surface area contributed by atoms with Gasteiger partial charge in [0.1, 0.15) is 11.8 Å². The highest BCUT2D eigenvalue weighted by atomic mass is 35.5. The van der Waals surface area contributed by atoms with Crippen LogP contribution >= 0.6 is 34.7 Å². The minimum absolute atomic E-state index is 0.0944. The number of aromatic nitrogens is 1. The van der Waals surface area contributed by atoms with Crippen molar-refractivity contribution in [3.05, 3.63) is 97.4 Å². The number of methoxy groups -OCH3 is 2. The summed E-state index contributed by atoms with van der Waals surface area (Å²) in [6, 6.07) is 15.5. The molecule has 4 aromatic rings. The molecule has 0 spiro atoms. The van der Waals surface area contributed by atoms with Crippen LogP contribution < -0.4 is 24.6 Å². The Labute approximate surface area is 272 Å². The molecule has 46 heavy (non-hydrogen) atoms. The first-order valence-electron chi connectivity index (χ1n) is 13.6. The third kappa shape index (κ3) is 5.65. The number of amides is 3. The second-order valence-electron chi connectivity index (χ2n) is 10.4. The second kappa shape index (κ2) is 12.2. The molecule has 3 aromatic carbocycles. The average molecular weight is 690 g/mol. The van der Waals surface area contributed by atoms with Crippen molar-refractivity contribution in [2.75, 3.05) is 24.4 Å². The van der Waals surface area contributed by atoms with Crippen molar-refractivity contribution >= 4 is 63.8 Å². The number of nitrogens with one attached hydrogen (secondary N) is 1. The Kier molecular flexibility index (Phi) is 8.38. The number of hydrogen-bond acceptors (Lipinski definition) is 8. The molecule has 0 aliphatic carbocycles. The lowest BCUT2D eigenvalue weighted by molar-refractivity contribution is -0.137. The molecule has 0 bridgehead atoms. The van der Waals surface area contributed by atoms with Gasteiger partial charge in [-0.15, -0.1) is 0 Å². The topological polar surface area (TPSA) is 107 Å². The normalized spacial score (nSPS) is 19.1. The molecule has 15 heteroatoms. The van der Waals surface area contributed by atoms with Gasteiger partial charge in [-0.25, -0.2) is 4.90 Å². The van der Waals surface area contributed by atoms with Crippen LogP contribution in [0, 0.1) is 5.92 Å². The van der Waals surface area contributed by atoms with E-state index in [0.29, 0.717) is 37.7 Å².